The predicted octanol–water partition coefficient (Wildman–Crippen LogP) is 5.22. The van der Waals surface area contributed by atoms with Crippen molar-refractivity contribution in [1.29, 1.82) is 0 Å². The topological polar surface area (TPSA) is 113 Å². The number of nitrogens with one attached hydrogen (secondary N) is 2. The number of fused-ring (bicyclic) bond motifs is 1. The molecule has 0 radical (unpaired) electrons. The average Bonchev–Trinajstić information content (AvgIpc) is 2.83. The van der Waals surface area contributed by atoms with E-state index in [0.29, 0.717) is 16.6 Å². The summed E-state index contributed by atoms with van der Waals surface area (Å²) < 4.78 is 0.593. The Hall–Kier alpha value is -4.05. The Labute approximate surface area is 197 Å². The number of amides is 1. The van der Waals surface area contributed by atoms with Crippen molar-refractivity contribution in [1.82, 2.24) is 15.4 Å². The summed E-state index contributed by atoms with van der Waals surface area (Å²) >= 11 is 3.32. The highest BCUT2D eigenvalue weighted by Crippen LogP contribution is 2.38. The molecule has 2 N–H and O–H groups in total. The van der Waals surface area contributed by atoms with E-state index in [1.165, 1.54) is 6.33 Å². The number of halogens is 1. The third-order valence-electron chi connectivity index (χ3n) is 5.03. The van der Waals surface area contributed by atoms with Gasteiger partial charge in [0.15, 0.2) is 0 Å². The van der Waals surface area contributed by atoms with E-state index in [4.69, 9.17) is 0 Å². The third kappa shape index (κ3) is 4.46. The monoisotopic (exact) mass is 506 g/mol. The van der Waals surface area contributed by atoms with E-state index in [0.717, 1.165) is 16.5 Å². The lowest BCUT2D eigenvalue weighted by atomic mass is 10.1. The summed E-state index contributed by atoms with van der Waals surface area (Å²) in [5.41, 5.74) is 5.86. The van der Waals surface area contributed by atoms with Crippen LogP contribution < -0.4 is 15.8 Å². The summed E-state index contributed by atoms with van der Waals surface area (Å²) in [7, 11) is 0. The van der Waals surface area contributed by atoms with Gasteiger partial charge < -0.3 is 4.90 Å². The maximum atomic E-state index is 12.5. The Balaban J connectivity index is 1.72. The van der Waals surface area contributed by atoms with Crippen LogP contribution in [0.25, 0.3) is 10.8 Å². The van der Waals surface area contributed by atoms with Gasteiger partial charge in [0.2, 0.25) is 11.6 Å². The van der Waals surface area contributed by atoms with Crippen LogP contribution in [0.2, 0.25) is 0 Å². The molecule has 0 unspecified atom stereocenters. The molecule has 0 fully saturated rings. The number of benzene rings is 3. The smallest absolute Gasteiger partial charge is 0.320 e. The number of nitro groups is 1. The lowest BCUT2D eigenvalue weighted by Crippen LogP contribution is -2.31. The van der Waals surface area contributed by atoms with Crippen LogP contribution in [0.1, 0.15) is 17.3 Å². The molecule has 0 aliphatic rings. The highest BCUT2D eigenvalue weighted by atomic mass is 79.9. The Morgan fingerprint density at radius 2 is 1.79 bits per heavy atom. The first kappa shape index (κ1) is 22.2. The molecule has 0 aliphatic carbocycles. The first-order chi connectivity index (χ1) is 16.0. The number of hydrazine groups is 1. The van der Waals surface area contributed by atoms with Crippen LogP contribution >= 0.6 is 15.9 Å². The van der Waals surface area contributed by atoms with Crippen molar-refractivity contribution in [2.24, 2.45) is 0 Å². The van der Waals surface area contributed by atoms with Gasteiger partial charge in [0.05, 0.1) is 16.2 Å². The molecule has 0 aliphatic heterocycles. The minimum Gasteiger partial charge on any atom is -0.320 e. The normalized spacial score (nSPS) is 10.6. The molecule has 0 atom stereocenters. The molecule has 4 aromatic rings. The maximum absolute atomic E-state index is 12.5. The van der Waals surface area contributed by atoms with E-state index < -0.39 is 10.8 Å². The molecule has 4 rings (SSSR count). The summed E-state index contributed by atoms with van der Waals surface area (Å²) in [5.74, 6) is -0.478. The molecule has 1 heterocycles. The van der Waals surface area contributed by atoms with Gasteiger partial charge in [-0.3, -0.25) is 25.8 Å². The quantitative estimate of drug-likeness (QED) is 0.261. The zero-order valence-corrected chi connectivity index (χ0v) is 19.1. The molecule has 0 spiro atoms. The lowest BCUT2D eigenvalue weighted by Gasteiger charge is -2.24. The molecular weight excluding hydrogens is 488 g/mol. The van der Waals surface area contributed by atoms with Crippen molar-refractivity contribution >= 4 is 55.6 Å². The fraction of sp³-hybridized carbons (Fsp3) is 0.0870. The zero-order valence-electron chi connectivity index (χ0n) is 17.5. The van der Waals surface area contributed by atoms with Crippen LogP contribution in [0.15, 0.2) is 77.5 Å². The van der Waals surface area contributed by atoms with Crippen LogP contribution in [0.3, 0.4) is 0 Å². The summed E-state index contributed by atoms with van der Waals surface area (Å²) in [6.45, 7) is 2.31. The minimum absolute atomic E-state index is 0.117. The molecule has 0 saturated heterocycles. The molecule has 0 bridgehead atoms. The fourth-order valence-corrected chi connectivity index (χ4v) is 4.00. The number of rotatable bonds is 7. The predicted molar refractivity (Wildman–Crippen MR) is 131 cm³/mol. The number of aromatic nitrogens is 2. The summed E-state index contributed by atoms with van der Waals surface area (Å²) in [6.07, 6.45) is 1.23. The molecule has 0 saturated carbocycles. The SMILES string of the molecule is CCN(c1ncnc(NNC(=O)c2ccccc2Br)c1[N+](=O)[O-])c1cccc2ccccc12. The molecule has 33 heavy (non-hydrogen) atoms. The van der Waals surface area contributed by atoms with Crippen LogP contribution in [-0.2, 0) is 0 Å². The largest absolute Gasteiger partial charge is 0.355 e. The molecule has 1 amide bonds. The van der Waals surface area contributed by atoms with E-state index in [1.54, 1.807) is 29.2 Å². The van der Waals surface area contributed by atoms with Gasteiger partial charge in [-0.05, 0) is 46.4 Å². The molecule has 1 aromatic heterocycles. The summed E-state index contributed by atoms with van der Waals surface area (Å²) in [5, 5.41) is 14.0. The number of carbonyl (C=O) groups excluding carboxylic acids is 1. The number of hydrogen-bond acceptors (Lipinski definition) is 7. The van der Waals surface area contributed by atoms with Crippen LogP contribution in [0.5, 0.6) is 0 Å². The van der Waals surface area contributed by atoms with Crippen LogP contribution in [0, 0.1) is 10.1 Å². The standard InChI is InChI=1S/C23H19BrN6O3/c1-2-29(19-13-7-9-15-8-3-4-10-16(15)19)22-20(30(32)33)21(25-14-26-22)27-28-23(31)17-11-5-6-12-18(17)24/h3-14H,2H2,1H3,(H,28,31)(H,25,26,27). The maximum Gasteiger partial charge on any atom is 0.355 e. The molecule has 3 aromatic carbocycles. The number of carbonyl (C=O) groups is 1. The minimum atomic E-state index is -0.559. The van der Waals surface area contributed by atoms with Gasteiger partial charge in [-0.15, -0.1) is 0 Å². The Kier molecular flexibility index (Phi) is 6.45. The van der Waals surface area contributed by atoms with Crippen molar-refractivity contribution in [3.8, 4) is 0 Å². The zero-order chi connectivity index (χ0) is 23.4. The second kappa shape index (κ2) is 9.61. The van der Waals surface area contributed by atoms with Gasteiger partial charge in [-0.1, -0.05) is 48.5 Å². The summed E-state index contributed by atoms with van der Waals surface area (Å²) in [6, 6.07) is 20.4. The van der Waals surface area contributed by atoms with Gasteiger partial charge >= 0.3 is 5.69 Å². The third-order valence-corrected chi connectivity index (χ3v) is 5.72. The molecule has 9 nitrogen and oxygen atoms in total. The Morgan fingerprint density at radius 3 is 2.55 bits per heavy atom. The first-order valence-electron chi connectivity index (χ1n) is 10.1. The average molecular weight is 507 g/mol. The second-order valence-corrected chi connectivity index (χ2v) is 7.81. The van der Waals surface area contributed by atoms with Crippen molar-refractivity contribution < 1.29 is 9.72 Å². The van der Waals surface area contributed by atoms with Gasteiger partial charge in [0, 0.05) is 16.4 Å². The van der Waals surface area contributed by atoms with Crippen LogP contribution in [-0.4, -0.2) is 27.3 Å². The number of anilines is 3. The van der Waals surface area contributed by atoms with E-state index in [9.17, 15) is 14.9 Å². The highest BCUT2D eigenvalue weighted by Gasteiger charge is 2.28. The van der Waals surface area contributed by atoms with Gasteiger partial charge in [0.25, 0.3) is 5.91 Å². The van der Waals surface area contributed by atoms with E-state index in [-0.39, 0.29) is 17.3 Å². The number of hydrogen-bond donors (Lipinski definition) is 2. The van der Waals surface area contributed by atoms with Gasteiger partial charge in [-0.2, -0.15) is 0 Å². The van der Waals surface area contributed by atoms with E-state index in [2.05, 4.69) is 36.7 Å². The van der Waals surface area contributed by atoms with Crippen molar-refractivity contribution in [2.75, 3.05) is 16.9 Å². The van der Waals surface area contributed by atoms with E-state index >= 15 is 0 Å². The van der Waals surface area contributed by atoms with Crippen LogP contribution in [0.4, 0.5) is 23.0 Å². The molecule has 10 heteroatoms. The van der Waals surface area contributed by atoms with Crippen molar-refractivity contribution in [3.05, 3.63) is 93.2 Å². The van der Waals surface area contributed by atoms with Gasteiger partial charge in [-0.25, -0.2) is 9.97 Å². The lowest BCUT2D eigenvalue weighted by molar-refractivity contribution is -0.383. The first-order valence-corrected chi connectivity index (χ1v) is 10.9. The number of nitrogens with zero attached hydrogens (tertiary/aromatic N) is 4. The van der Waals surface area contributed by atoms with Crippen molar-refractivity contribution in [3.63, 3.8) is 0 Å². The van der Waals surface area contributed by atoms with E-state index in [1.807, 2.05) is 49.4 Å². The Morgan fingerprint density at radius 1 is 1.06 bits per heavy atom. The molecule has 166 valence electrons. The Bertz CT molecular complexity index is 1340. The molecular formula is C23H19BrN6O3. The fourth-order valence-electron chi connectivity index (χ4n) is 3.53. The summed E-state index contributed by atoms with van der Waals surface area (Å²) in [4.78, 5) is 34.0. The second-order valence-electron chi connectivity index (χ2n) is 6.95. The highest BCUT2D eigenvalue weighted by molar-refractivity contribution is 9.10. The van der Waals surface area contributed by atoms with Gasteiger partial charge in [0.1, 0.15) is 6.33 Å². The van der Waals surface area contributed by atoms with Crippen molar-refractivity contribution in [2.45, 2.75) is 6.92 Å².